The third kappa shape index (κ3) is 6.21. The van der Waals surface area contributed by atoms with Gasteiger partial charge in [-0.2, -0.15) is 11.8 Å². The lowest BCUT2D eigenvalue weighted by atomic mass is 10.0. The van der Waals surface area contributed by atoms with Gasteiger partial charge in [0, 0.05) is 23.4 Å². The quantitative estimate of drug-likeness (QED) is 0.528. The number of nitrogens with zero attached hydrogens (tertiary/aromatic N) is 1. The summed E-state index contributed by atoms with van der Waals surface area (Å²) in [5, 5.41) is 2.92. The van der Waals surface area contributed by atoms with E-state index in [0.29, 0.717) is 22.6 Å². The molecule has 1 fully saturated rings. The first-order chi connectivity index (χ1) is 13.7. The van der Waals surface area contributed by atoms with Crippen molar-refractivity contribution in [3.05, 3.63) is 65.7 Å². The van der Waals surface area contributed by atoms with Gasteiger partial charge in [0.15, 0.2) is 5.78 Å². The second-order valence-electron chi connectivity index (χ2n) is 7.10. The lowest BCUT2D eigenvalue weighted by Crippen LogP contribution is -2.27. The smallest absolute Gasteiger partial charge is 0.234 e. The van der Waals surface area contributed by atoms with Crippen molar-refractivity contribution in [3.63, 3.8) is 0 Å². The van der Waals surface area contributed by atoms with Crippen LogP contribution >= 0.6 is 11.8 Å². The molecule has 1 N–H and O–H groups in total. The van der Waals surface area contributed by atoms with Crippen molar-refractivity contribution in [2.24, 2.45) is 0 Å². The molecule has 1 heterocycles. The van der Waals surface area contributed by atoms with E-state index in [-0.39, 0.29) is 11.7 Å². The first-order valence-electron chi connectivity index (χ1n) is 10.0. The van der Waals surface area contributed by atoms with Gasteiger partial charge in [-0.25, -0.2) is 0 Å². The molecule has 0 unspecified atom stereocenters. The van der Waals surface area contributed by atoms with Gasteiger partial charge < -0.3 is 10.2 Å². The molecular weight excluding hydrogens is 368 g/mol. The van der Waals surface area contributed by atoms with Crippen molar-refractivity contribution >= 4 is 29.1 Å². The number of hydrogen-bond donors (Lipinski definition) is 1. The van der Waals surface area contributed by atoms with Crippen molar-refractivity contribution in [1.82, 2.24) is 4.90 Å². The number of carbonyl (C=O) groups is 2. The number of amides is 1. The fourth-order valence-corrected chi connectivity index (χ4v) is 4.23. The Kier molecular flexibility index (Phi) is 8.12. The molecule has 0 aliphatic carbocycles. The number of para-hydroxylation sites is 1. The molecule has 1 saturated heterocycles. The first kappa shape index (κ1) is 20.6. The van der Waals surface area contributed by atoms with Gasteiger partial charge in [-0.1, -0.05) is 55.3 Å². The maximum absolute atomic E-state index is 12.8. The van der Waals surface area contributed by atoms with Crippen LogP contribution in [0.5, 0.6) is 0 Å². The fraction of sp³-hybridized carbons (Fsp3) is 0.391. The van der Waals surface area contributed by atoms with Gasteiger partial charge in [-0.15, -0.1) is 0 Å². The van der Waals surface area contributed by atoms with Crippen LogP contribution in [-0.4, -0.2) is 47.7 Å². The van der Waals surface area contributed by atoms with E-state index in [1.54, 1.807) is 36.0 Å². The number of carbonyl (C=O) groups excluding carboxylic acids is 2. The molecule has 1 amide bonds. The molecule has 1 aliphatic rings. The Morgan fingerprint density at radius 2 is 1.57 bits per heavy atom. The molecule has 0 spiro atoms. The predicted molar refractivity (Wildman–Crippen MR) is 117 cm³/mol. The maximum atomic E-state index is 12.8. The molecule has 3 rings (SSSR count). The fourth-order valence-electron chi connectivity index (χ4n) is 3.44. The SMILES string of the molecule is O=C(CSCCN1CCCCCC1)Nc1ccccc1C(=O)c1ccccc1. The number of ketones is 1. The zero-order valence-corrected chi connectivity index (χ0v) is 17.0. The third-order valence-electron chi connectivity index (χ3n) is 4.97. The minimum atomic E-state index is -0.0784. The summed E-state index contributed by atoms with van der Waals surface area (Å²) in [4.78, 5) is 27.6. The highest BCUT2D eigenvalue weighted by atomic mass is 32.2. The van der Waals surface area contributed by atoms with E-state index in [1.165, 1.54) is 38.8 Å². The Labute approximate surface area is 171 Å². The summed E-state index contributed by atoms with van der Waals surface area (Å²) in [6.07, 6.45) is 5.26. The van der Waals surface area contributed by atoms with Crippen LogP contribution in [0.2, 0.25) is 0 Å². The summed E-state index contributed by atoms with van der Waals surface area (Å²) < 4.78 is 0. The van der Waals surface area contributed by atoms with Gasteiger partial charge in [0.05, 0.1) is 11.4 Å². The number of rotatable bonds is 8. The summed E-state index contributed by atoms with van der Waals surface area (Å²) in [7, 11) is 0. The molecule has 1 aliphatic heterocycles. The Morgan fingerprint density at radius 3 is 2.32 bits per heavy atom. The standard InChI is InChI=1S/C23H28N2O2S/c26-22(18-28-17-16-25-14-8-1-2-9-15-25)24-21-13-7-6-12-20(21)23(27)19-10-4-3-5-11-19/h3-7,10-13H,1-2,8-9,14-18H2,(H,24,26). The summed E-state index contributed by atoms with van der Waals surface area (Å²) >= 11 is 1.65. The van der Waals surface area contributed by atoms with Crippen LogP contribution in [-0.2, 0) is 4.79 Å². The van der Waals surface area contributed by atoms with E-state index in [1.807, 2.05) is 30.3 Å². The van der Waals surface area contributed by atoms with Crippen molar-refractivity contribution < 1.29 is 9.59 Å². The van der Waals surface area contributed by atoms with Gasteiger partial charge in [-0.05, 0) is 38.1 Å². The van der Waals surface area contributed by atoms with E-state index in [9.17, 15) is 9.59 Å². The van der Waals surface area contributed by atoms with Gasteiger partial charge in [-0.3, -0.25) is 9.59 Å². The van der Waals surface area contributed by atoms with Crippen LogP contribution in [0.25, 0.3) is 0 Å². The highest BCUT2D eigenvalue weighted by molar-refractivity contribution is 7.99. The van der Waals surface area contributed by atoms with Gasteiger partial charge in [0.2, 0.25) is 5.91 Å². The Morgan fingerprint density at radius 1 is 0.893 bits per heavy atom. The summed E-state index contributed by atoms with van der Waals surface area (Å²) in [6.45, 7) is 3.41. The summed E-state index contributed by atoms with van der Waals surface area (Å²) in [6, 6.07) is 16.4. The topological polar surface area (TPSA) is 49.4 Å². The molecule has 148 valence electrons. The molecule has 2 aromatic rings. The summed E-state index contributed by atoms with van der Waals surface area (Å²) in [5.74, 6) is 1.22. The van der Waals surface area contributed by atoms with E-state index in [0.717, 1.165) is 12.3 Å². The van der Waals surface area contributed by atoms with Crippen molar-refractivity contribution in [2.45, 2.75) is 25.7 Å². The van der Waals surface area contributed by atoms with Gasteiger partial charge in [0.25, 0.3) is 0 Å². The van der Waals surface area contributed by atoms with Gasteiger partial charge in [0.1, 0.15) is 0 Å². The van der Waals surface area contributed by atoms with Crippen LogP contribution in [0.15, 0.2) is 54.6 Å². The Balaban J connectivity index is 1.49. The van der Waals surface area contributed by atoms with Crippen LogP contribution < -0.4 is 5.32 Å². The lowest BCUT2D eigenvalue weighted by Gasteiger charge is -2.19. The van der Waals surface area contributed by atoms with Crippen LogP contribution in [0.3, 0.4) is 0 Å². The molecule has 0 radical (unpaired) electrons. The molecule has 0 atom stereocenters. The highest BCUT2D eigenvalue weighted by Crippen LogP contribution is 2.20. The second kappa shape index (κ2) is 11.0. The zero-order valence-electron chi connectivity index (χ0n) is 16.2. The summed E-state index contributed by atoms with van der Waals surface area (Å²) in [5.41, 5.74) is 1.72. The van der Waals surface area contributed by atoms with E-state index in [2.05, 4.69) is 10.2 Å². The number of hydrogen-bond acceptors (Lipinski definition) is 4. The van der Waals surface area contributed by atoms with E-state index in [4.69, 9.17) is 0 Å². The molecule has 5 heteroatoms. The number of nitrogens with one attached hydrogen (secondary N) is 1. The zero-order chi connectivity index (χ0) is 19.6. The molecule has 28 heavy (non-hydrogen) atoms. The Bertz CT molecular complexity index is 771. The second-order valence-corrected chi connectivity index (χ2v) is 8.20. The van der Waals surface area contributed by atoms with E-state index < -0.39 is 0 Å². The normalized spacial score (nSPS) is 15.0. The molecule has 2 aromatic carbocycles. The number of likely N-dealkylation sites (tertiary alicyclic amines) is 1. The van der Waals surface area contributed by atoms with Crippen LogP contribution in [0.1, 0.15) is 41.6 Å². The van der Waals surface area contributed by atoms with Crippen molar-refractivity contribution in [1.29, 1.82) is 0 Å². The lowest BCUT2D eigenvalue weighted by molar-refractivity contribution is -0.113. The molecular formula is C23H28N2O2S. The maximum Gasteiger partial charge on any atom is 0.234 e. The molecule has 0 aromatic heterocycles. The molecule has 0 bridgehead atoms. The van der Waals surface area contributed by atoms with E-state index >= 15 is 0 Å². The van der Waals surface area contributed by atoms with Crippen molar-refractivity contribution in [2.75, 3.05) is 36.5 Å². The van der Waals surface area contributed by atoms with Crippen molar-refractivity contribution in [3.8, 4) is 0 Å². The minimum Gasteiger partial charge on any atom is -0.325 e. The molecule has 4 nitrogen and oxygen atoms in total. The first-order valence-corrected chi connectivity index (χ1v) is 11.2. The highest BCUT2D eigenvalue weighted by Gasteiger charge is 2.15. The minimum absolute atomic E-state index is 0.0609. The van der Waals surface area contributed by atoms with Crippen LogP contribution in [0, 0.1) is 0 Å². The van der Waals surface area contributed by atoms with Crippen LogP contribution in [0.4, 0.5) is 5.69 Å². The largest absolute Gasteiger partial charge is 0.325 e. The average molecular weight is 397 g/mol. The number of thioether (sulfide) groups is 1. The average Bonchev–Trinajstić information content (AvgIpc) is 3.01. The third-order valence-corrected chi connectivity index (χ3v) is 5.90. The number of benzene rings is 2. The number of anilines is 1. The monoisotopic (exact) mass is 396 g/mol. The molecule has 0 saturated carbocycles. The van der Waals surface area contributed by atoms with Gasteiger partial charge >= 0.3 is 0 Å². The Hall–Kier alpha value is -2.11. The predicted octanol–water partition coefficient (Wildman–Crippen LogP) is 4.47.